The first kappa shape index (κ1) is 19.8. The van der Waals surface area contributed by atoms with Gasteiger partial charge in [-0.3, -0.25) is 0 Å². The van der Waals surface area contributed by atoms with Crippen LogP contribution in [0.1, 0.15) is 0 Å². The van der Waals surface area contributed by atoms with Crippen LogP contribution in [0.2, 0.25) is 0 Å². The average molecular weight is 115 g/mol. The second kappa shape index (κ2) is 34.9. The highest BCUT2D eigenvalue weighted by Gasteiger charge is 1.01. The van der Waals surface area contributed by atoms with Crippen molar-refractivity contribution in [2.75, 3.05) is 0 Å². The van der Waals surface area contributed by atoms with E-state index in [0.717, 1.165) is 0 Å². The highest BCUT2D eigenvalue weighted by molar-refractivity contribution is 5.85. The third-order valence-electron chi connectivity index (χ3n) is 0. The van der Waals surface area contributed by atoms with Crippen LogP contribution in [0, 0.1) is 0 Å². The van der Waals surface area contributed by atoms with Gasteiger partial charge in [-0.1, -0.05) is 0 Å². The molecule has 0 spiro atoms. The van der Waals surface area contributed by atoms with Crippen LogP contribution in [0.3, 0.4) is 0 Å². The fraction of sp³-hybridized carbons (Fsp3) is 0. The molecule has 0 amide bonds. The molecule has 0 heterocycles. The van der Waals surface area contributed by atoms with E-state index in [9.17, 15) is 0 Å². The maximum absolute atomic E-state index is 8.57. The summed E-state index contributed by atoms with van der Waals surface area (Å²) in [5, 5.41) is 0. The number of halogens is 2. The number of hydrogen-bond acceptors (Lipinski definition) is 1. The SMILES string of the molecule is C=C=O.Cl.Cl. The van der Waals surface area contributed by atoms with Crippen molar-refractivity contribution in [1.82, 2.24) is 0 Å². The summed E-state index contributed by atoms with van der Waals surface area (Å²) in [5.41, 5.74) is 0. The lowest BCUT2D eigenvalue weighted by molar-refractivity contribution is 0.569. The Kier molecular flexibility index (Phi) is 138. The minimum Gasteiger partial charge on any atom is -0.234 e. The van der Waals surface area contributed by atoms with Gasteiger partial charge in [-0.25, -0.2) is 4.79 Å². The van der Waals surface area contributed by atoms with Gasteiger partial charge in [0.25, 0.3) is 0 Å². The summed E-state index contributed by atoms with van der Waals surface area (Å²) < 4.78 is 0. The van der Waals surface area contributed by atoms with Gasteiger partial charge in [0.05, 0.1) is 0 Å². The molecule has 0 unspecified atom stereocenters. The normalized spacial score (nSPS) is 1.60. The van der Waals surface area contributed by atoms with Crippen molar-refractivity contribution in [1.29, 1.82) is 0 Å². The standard InChI is InChI=1S/C2H2O.2ClH/c1-2-3;;/h1H2;2*1H. The van der Waals surface area contributed by atoms with Crippen molar-refractivity contribution < 1.29 is 4.79 Å². The predicted octanol–water partition coefficient (Wildman–Crippen LogP) is 0.848. The van der Waals surface area contributed by atoms with Gasteiger partial charge in [-0.2, -0.15) is 0 Å². The first-order chi connectivity index (χ1) is 1.41. The summed E-state index contributed by atoms with van der Waals surface area (Å²) in [7, 11) is 0. The zero-order chi connectivity index (χ0) is 2.71. The molecule has 0 radical (unpaired) electrons. The number of rotatable bonds is 0. The third kappa shape index (κ3) is 18500. The molecule has 0 aliphatic rings. The van der Waals surface area contributed by atoms with Crippen molar-refractivity contribution in [3.8, 4) is 0 Å². The molecule has 0 aromatic rings. The highest BCUT2D eigenvalue weighted by Crippen LogP contribution is 0.894. The molecule has 0 aromatic heterocycles. The Morgan fingerprint density at radius 3 is 1.40 bits per heavy atom. The zero-order valence-corrected chi connectivity index (χ0v) is 4.06. The molecule has 32 valence electrons. The Bertz CT molecular complexity index is 28.6. The van der Waals surface area contributed by atoms with Crippen LogP contribution in [-0.4, -0.2) is 5.94 Å². The van der Waals surface area contributed by atoms with E-state index in [4.69, 9.17) is 4.79 Å². The van der Waals surface area contributed by atoms with E-state index in [2.05, 4.69) is 6.58 Å². The molecule has 5 heavy (non-hydrogen) atoms. The topological polar surface area (TPSA) is 17.1 Å². The van der Waals surface area contributed by atoms with E-state index in [-0.39, 0.29) is 24.8 Å². The van der Waals surface area contributed by atoms with Gasteiger partial charge in [-0.05, 0) is 6.58 Å². The quantitative estimate of drug-likeness (QED) is 0.427. The molecular formula is C2H4Cl2O. The second-order valence-electron chi connectivity index (χ2n) is 0.144. The Morgan fingerprint density at radius 1 is 1.40 bits per heavy atom. The van der Waals surface area contributed by atoms with Gasteiger partial charge >= 0.3 is 0 Å². The molecule has 0 atom stereocenters. The summed E-state index contributed by atoms with van der Waals surface area (Å²) in [4.78, 5) is 8.57. The van der Waals surface area contributed by atoms with Gasteiger partial charge in [0.15, 0.2) is 0 Å². The molecule has 0 aliphatic carbocycles. The molecule has 3 heteroatoms. The van der Waals surface area contributed by atoms with Crippen LogP contribution in [-0.2, 0) is 4.79 Å². The van der Waals surface area contributed by atoms with Crippen LogP contribution in [0.5, 0.6) is 0 Å². The van der Waals surface area contributed by atoms with Crippen molar-refractivity contribution in [2.24, 2.45) is 0 Å². The smallest absolute Gasteiger partial charge is 0.116 e. The summed E-state index contributed by atoms with van der Waals surface area (Å²) in [6.07, 6.45) is 0. The third-order valence-corrected chi connectivity index (χ3v) is 0. The molecule has 0 saturated carbocycles. The second-order valence-corrected chi connectivity index (χ2v) is 0.144. The number of hydrogen-bond donors (Lipinski definition) is 0. The Morgan fingerprint density at radius 2 is 1.40 bits per heavy atom. The lowest BCUT2D eigenvalue weighted by Crippen LogP contribution is -1.15. The molecule has 0 bridgehead atoms. The Hall–Kier alpha value is 0.0300. The average Bonchev–Trinajstić information content (AvgIpc) is 0.918. The monoisotopic (exact) mass is 114 g/mol. The lowest BCUT2D eigenvalue weighted by Gasteiger charge is -1.02. The van der Waals surface area contributed by atoms with E-state index in [1.54, 1.807) is 0 Å². The van der Waals surface area contributed by atoms with Gasteiger partial charge in [0, 0.05) is 0 Å². The summed E-state index contributed by atoms with van der Waals surface area (Å²) in [6, 6.07) is 0. The van der Waals surface area contributed by atoms with Gasteiger partial charge in [0.1, 0.15) is 5.94 Å². The van der Waals surface area contributed by atoms with E-state index in [1.165, 1.54) is 5.94 Å². The fourth-order valence-electron chi connectivity index (χ4n) is 0. The maximum atomic E-state index is 8.57. The van der Waals surface area contributed by atoms with Crippen LogP contribution >= 0.6 is 24.8 Å². The molecule has 1 nitrogen and oxygen atoms in total. The van der Waals surface area contributed by atoms with Gasteiger partial charge in [0.2, 0.25) is 0 Å². The van der Waals surface area contributed by atoms with E-state index in [1.807, 2.05) is 0 Å². The highest BCUT2D eigenvalue weighted by atomic mass is 35.5. The number of carbonyl (C=O) groups excluding carboxylic acids is 1. The maximum Gasteiger partial charge on any atom is 0.116 e. The van der Waals surface area contributed by atoms with E-state index < -0.39 is 0 Å². The largest absolute Gasteiger partial charge is 0.234 e. The van der Waals surface area contributed by atoms with Crippen LogP contribution in [0.25, 0.3) is 0 Å². The summed E-state index contributed by atoms with van der Waals surface area (Å²) in [5.74, 6) is 1.25. The minimum absolute atomic E-state index is 0. The lowest BCUT2D eigenvalue weighted by atomic mass is 11.2. The zero-order valence-electron chi connectivity index (χ0n) is 2.43. The minimum atomic E-state index is 0. The van der Waals surface area contributed by atoms with Crippen LogP contribution in [0.15, 0.2) is 6.58 Å². The molecule has 0 N–H and O–H groups in total. The molecule has 0 fully saturated rings. The van der Waals surface area contributed by atoms with Crippen molar-refractivity contribution >= 4 is 30.8 Å². The molecule has 0 rings (SSSR count). The van der Waals surface area contributed by atoms with Gasteiger partial charge in [-0.15, -0.1) is 24.8 Å². The van der Waals surface area contributed by atoms with Crippen molar-refractivity contribution in [3.63, 3.8) is 0 Å². The molecular weight excluding hydrogens is 111 g/mol. The molecule has 0 saturated heterocycles. The van der Waals surface area contributed by atoms with Crippen molar-refractivity contribution in [3.05, 3.63) is 6.58 Å². The first-order valence-electron chi connectivity index (χ1n) is 0.558. The Balaban J connectivity index is -0.0000000200. The summed E-state index contributed by atoms with van der Waals surface area (Å²) >= 11 is 0. The fourth-order valence-corrected chi connectivity index (χ4v) is 0. The first-order valence-corrected chi connectivity index (χ1v) is 0.558. The Labute approximate surface area is 42.9 Å². The molecule has 0 aliphatic heterocycles. The summed E-state index contributed by atoms with van der Waals surface area (Å²) in [6.45, 7) is 2.68. The van der Waals surface area contributed by atoms with Crippen molar-refractivity contribution in [2.45, 2.75) is 0 Å². The molecule has 0 aromatic carbocycles. The van der Waals surface area contributed by atoms with Crippen LogP contribution < -0.4 is 0 Å². The van der Waals surface area contributed by atoms with Gasteiger partial charge < -0.3 is 0 Å². The van der Waals surface area contributed by atoms with E-state index in [0.29, 0.717) is 0 Å². The van der Waals surface area contributed by atoms with Crippen LogP contribution in [0.4, 0.5) is 0 Å². The van der Waals surface area contributed by atoms with E-state index >= 15 is 0 Å². The predicted molar refractivity (Wildman–Crippen MR) is 25.8 cm³/mol.